The van der Waals surface area contributed by atoms with E-state index in [2.05, 4.69) is 25.9 Å². The molecule has 0 radical (unpaired) electrons. The fourth-order valence-electron chi connectivity index (χ4n) is 1.05. The van der Waals surface area contributed by atoms with Crippen molar-refractivity contribution in [1.82, 2.24) is 9.38 Å². The highest BCUT2D eigenvalue weighted by Gasteiger charge is 1.99. The van der Waals surface area contributed by atoms with Gasteiger partial charge in [0.2, 0.25) is 6.08 Å². The number of halogens is 1. The van der Waals surface area contributed by atoms with Gasteiger partial charge in [0.25, 0.3) is 0 Å². The molecule has 64 valence electrons. The molecule has 13 heavy (non-hydrogen) atoms. The molecule has 0 saturated heterocycles. The van der Waals surface area contributed by atoms with Crippen molar-refractivity contribution in [1.29, 1.82) is 0 Å². The van der Waals surface area contributed by atoms with E-state index in [1.165, 1.54) is 6.08 Å². The van der Waals surface area contributed by atoms with E-state index in [0.717, 1.165) is 10.1 Å². The topological polar surface area (TPSA) is 46.7 Å². The predicted octanol–water partition coefficient (Wildman–Crippen LogP) is 2.06. The van der Waals surface area contributed by atoms with Gasteiger partial charge in [-0.1, -0.05) is 0 Å². The second-order valence-corrected chi connectivity index (χ2v) is 3.33. The Morgan fingerprint density at radius 2 is 2.31 bits per heavy atom. The normalized spacial score (nSPS) is 9.92. The molecular formula is C8H4BrN3O. The lowest BCUT2D eigenvalue weighted by Gasteiger charge is -1.91. The second-order valence-electron chi connectivity index (χ2n) is 2.41. The molecule has 0 fully saturated rings. The van der Waals surface area contributed by atoms with Crippen molar-refractivity contribution in [2.45, 2.75) is 0 Å². The molecule has 5 heteroatoms. The molecule has 2 aromatic rings. The van der Waals surface area contributed by atoms with Gasteiger partial charge in [0.1, 0.15) is 5.65 Å². The molecule has 0 aliphatic rings. The third-order valence-electron chi connectivity index (χ3n) is 1.56. The molecule has 0 amide bonds. The molecule has 4 nitrogen and oxygen atoms in total. The maximum absolute atomic E-state index is 9.97. The Bertz CT molecular complexity index is 499. The number of fused-ring (bicyclic) bond motifs is 1. The Labute approximate surface area is 82.1 Å². The van der Waals surface area contributed by atoms with Crippen molar-refractivity contribution in [2.75, 3.05) is 0 Å². The Kier molecular flexibility index (Phi) is 1.96. The molecule has 0 saturated carbocycles. The molecular weight excluding hydrogens is 234 g/mol. The van der Waals surface area contributed by atoms with Gasteiger partial charge in [-0.25, -0.2) is 9.78 Å². The van der Waals surface area contributed by atoms with Gasteiger partial charge >= 0.3 is 0 Å². The lowest BCUT2D eigenvalue weighted by molar-refractivity contribution is 0.565. The highest BCUT2D eigenvalue weighted by atomic mass is 79.9. The van der Waals surface area contributed by atoms with Crippen LogP contribution in [0.15, 0.2) is 34.0 Å². The van der Waals surface area contributed by atoms with E-state index in [1.807, 2.05) is 18.3 Å². The van der Waals surface area contributed by atoms with Crippen LogP contribution in [0.1, 0.15) is 0 Å². The fraction of sp³-hybridized carbons (Fsp3) is 0. The summed E-state index contributed by atoms with van der Waals surface area (Å²) in [6, 6.07) is 3.70. The van der Waals surface area contributed by atoms with Gasteiger partial charge in [0, 0.05) is 10.7 Å². The lowest BCUT2D eigenvalue weighted by atomic mass is 10.5. The van der Waals surface area contributed by atoms with Crippen molar-refractivity contribution in [3.8, 4) is 0 Å². The first kappa shape index (κ1) is 8.16. The van der Waals surface area contributed by atoms with Crippen molar-refractivity contribution in [3.63, 3.8) is 0 Å². The first-order chi connectivity index (χ1) is 6.29. The molecule has 0 spiro atoms. The molecule has 0 aliphatic heterocycles. The van der Waals surface area contributed by atoms with Crippen LogP contribution >= 0.6 is 15.9 Å². The van der Waals surface area contributed by atoms with Crippen molar-refractivity contribution < 1.29 is 4.79 Å². The molecule has 2 aromatic heterocycles. The number of aromatic nitrogens is 2. The first-order valence-electron chi connectivity index (χ1n) is 3.52. The van der Waals surface area contributed by atoms with Crippen LogP contribution in [0.4, 0.5) is 5.82 Å². The Hall–Kier alpha value is -1.45. The van der Waals surface area contributed by atoms with Crippen LogP contribution in [0.25, 0.3) is 5.65 Å². The van der Waals surface area contributed by atoms with Crippen molar-refractivity contribution in [2.24, 2.45) is 4.99 Å². The third kappa shape index (κ3) is 1.52. The average Bonchev–Trinajstić information content (AvgIpc) is 2.46. The van der Waals surface area contributed by atoms with E-state index in [4.69, 9.17) is 0 Å². The first-order valence-corrected chi connectivity index (χ1v) is 4.31. The summed E-state index contributed by atoms with van der Waals surface area (Å²) >= 11 is 3.32. The van der Waals surface area contributed by atoms with Gasteiger partial charge in [0.15, 0.2) is 5.82 Å². The summed E-state index contributed by atoms with van der Waals surface area (Å²) < 4.78 is 2.72. The number of imidazole rings is 1. The van der Waals surface area contributed by atoms with E-state index >= 15 is 0 Å². The number of rotatable bonds is 1. The van der Waals surface area contributed by atoms with Crippen LogP contribution in [0.3, 0.4) is 0 Å². The zero-order valence-electron chi connectivity index (χ0n) is 6.44. The van der Waals surface area contributed by atoms with Crippen LogP contribution < -0.4 is 0 Å². The second kappa shape index (κ2) is 3.12. The zero-order valence-corrected chi connectivity index (χ0v) is 8.02. The standard InChI is InChI=1S/C8H4BrN3O/c9-6-1-2-8-11-7(10-5-13)4-12(8)3-6/h1-4H. The van der Waals surface area contributed by atoms with E-state index in [-0.39, 0.29) is 0 Å². The number of isocyanates is 1. The lowest BCUT2D eigenvalue weighted by Crippen LogP contribution is -1.80. The molecule has 2 heterocycles. The SMILES string of the molecule is O=C=Nc1cn2cc(Br)ccc2n1. The van der Waals surface area contributed by atoms with E-state index in [1.54, 1.807) is 10.6 Å². The van der Waals surface area contributed by atoms with Crippen molar-refractivity contribution in [3.05, 3.63) is 29.0 Å². The minimum atomic E-state index is 0.369. The minimum absolute atomic E-state index is 0.369. The Morgan fingerprint density at radius 1 is 1.46 bits per heavy atom. The molecule has 0 unspecified atom stereocenters. The maximum atomic E-state index is 9.97. The monoisotopic (exact) mass is 237 g/mol. The van der Waals surface area contributed by atoms with Crippen LogP contribution in [-0.2, 0) is 4.79 Å². The predicted molar refractivity (Wildman–Crippen MR) is 50.7 cm³/mol. The van der Waals surface area contributed by atoms with Gasteiger partial charge in [-0.05, 0) is 28.1 Å². The highest BCUT2D eigenvalue weighted by molar-refractivity contribution is 9.10. The van der Waals surface area contributed by atoms with E-state index in [9.17, 15) is 4.79 Å². The van der Waals surface area contributed by atoms with Gasteiger partial charge in [0.05, 0.1) is 6.20 Å². The van der Waals surface area contributed by atoms with Crippen LogP contribution in [0.5, 0.6) is 0 Å². The van der Waals surface area contributed by atoms with E-state index < -0.39 is 0 Å². The maximum Gasteiger partial charge on any atom is 0.242 e. The number of aliphatic imine (C=N–C) groups is 1. The summed E-state index contributed by atoms with van der Waals surface area (Å²) in [5, 5.41) is 0. The van der Waals surface area contributed by atoms with Crippen LogP contribution in [0.2, 0.25) is 0 Å². The molecule has 2 rings (SSSR count). The summed E-state index contributed by atoms with van der Waals surface area (Å²) in [6.45, 7) is 0. The van der Waals surface area contributed by atoms with Gasteiger partial charge in [-0.15, -0.1) is 4.99 Å². The average molecular weight is 238 g/mol. The van der Waals surface area contributed by atoms with Gasteiger partial charge in [-0.2, -0.15) is 0 Å². The summed E-state index contributed by atoms with van der Waals surface area (Å²) in [7, 11) is 0. The number of nitrogens with zero attached hydrogens (tertiary/aromatic N) is 3. The Morgan fingerprint density at radius 3 is 3.08 bits per heavy atom. The molecule has 0 aliphatic carbocycles. The minimum Gasteiger partial charge on any atom is -0.304 e. The summed E-state index contributed by atoms with van der Waals surface area (Å²) in [5.74, 6) is 0.369. The van der Waals surface area contributed by atoms with Crippen LogP contribution in [0, 0.1) is 0 Å². The quantitative estimate of drug-likeness (QED) is 0.563. The number of hydrogen-bond donors (Lipinski definition) is 0. The molecule has 0 aromatic carbocycles. The molecule has 0 atom stereocenters. The smallest absolute Gasteiger partial charge is 0.242 e. The summed E-state index contributed by atoms with van der Waals surface area (Å²) in [4.78, 5) is 17.4. The largest absolute Gasteiger partial charge is 0.304 e. The number of hydrogen-bond acceptors (Lipinski definition) is 3. The summed E-state index contributed by atoms with van der Waals surface area (Å²) in [5.41, 5.74) is 0.747. The van der Waals surface area contributed by atoms with Crippen LogP contribution in [-0.4, -0.2) is 15.5 Å². The highest BCUT2D eigenvalue weighted by Crippen LogP contribution is 2.15. The third-order valence-corrected chi connectivity index (χ3v) is 2.03. The van der Waals surface area contributed by atoms with Gasteiger partial charge in [-0.3, -0.25) is 0 Å². The van der Waals surface area contributed by atoms with Crippen molar-refractivity contribution >= 4 is 33.5 Å². The fourth-order valence-corrected chi connectivity index (χ4v) is 1.40. The zero-order chi connectivity index (χ0) is 9.26. The number of carbonyl (C=O) groups excluding carboxylic acids is 1. The van der Waals surface area contributed by atoms with Gasteiger partial charge < -0.3 is 4.40 Å². The number of pyridine rings is 1. The molecule has 0 N–H and O–H groups in total. The molecule has 0 bridgehead atoms. The summed E-state index contributed by atoms with van der Waals surface area (Å²) in [6.07, 6.45) is 4.94. The van der Waals surface area contributed by atoms with E-state index in [0.29, 0.717) is 5.82 Å². The Balaban J connectivity index is 2.68.